The van der Waals surface area contributed by atoms with Gasteiger partial charge in [-0.15, -0.1) is 0 Å². The van der Waals surface area contributed by atoms with Crippen LogP contribution >= 0.6 is 15.9 Å². The zero-order valence-corrected chi connectivity index (χ0v) is 28.9. The molecule has 2 amide bonds. The Morgan fingerprint density at radius 1 is 1.06 bits per heavy atom. The van der Waals surface area contributed by atoms with Crippen molar-refractivity contribution in [1.29, 1.82) is 0 Å². The Balaban J connectivity index is 1.38. The van der Waals surface area contributed by atoms with Crippen molar-refractivity contribution in [2.45, 2.75) is 53.4 Å². The van der Waals surface area contributed by atoms with Gasteiger partial charge in [0.25, 0.3) is 11.8 Å². The number of benzene rings is 3. The van der Waals surface area contributed by atoms with Gasteiger partial charge in [0.15, 0.2) is 0 Å². The second-order valence-corrected chi connectivity index (χ2v) is 13.3. The third-order valence-corrected chi connectivity index (χ3v) is 9.31. The number of fused-ring (bicyclic) bond motifs is 1. The molecule has 11 heteroatoms. The van der Waals surface area contributed by atoms with Crippen LogP contribution in [0.1, 0.15) is 58.4 Å². The molecule has 1 atom stereocenters. The Morgan fingerprint density at radius 3 is 2.54 bits per heavy atom. The molecule has 48 heavy (non-hydrogen) atoms. The van der Waals surface area contributed by atoms with E-state index < -0.39 is 5.91 Å². The van der Waals surface area contributed by atoms with Gasteiger partial charge in [0.1, 0.15) is 17.8 Å². The number of amides is 2. The minimum atomic E-state index is -0.431. The van der Waals surface area contributed by atoms with Crippen molar-refractivity contribution in [2.75, 3.05) is 6.61 Å². The molecule has 0 aliphatic carbocycles. The van der Waals surface area contributed by atoms with Gasteiger partial charge in [-0.3, -0.25) is 18.7 Å². The zero-order chi connectivity index (χ0) is 33.9. The van der Waals surface area contributed by atoms with Crippen LogP contribution in [0.25, 0.3) is 16.9 Å². The molecule has 1 aliphatic heterocycles. The molecule has 1 unspecified atom stereocenters. The molecule has 3 heterocycles. The zero-order valence-electron chi connectivity index (χ0n) is 27.3. The number of nitrogens with one attached hydrogen (secondary N) is 1. The summed E-state index contributed by atoms with van der Waals surface area (Å²) in [5.74, 6) is 0.433. The lowest BCUT2D eigenvalue weighted by atomic mass is 10.0. The lowest BCUT2D eigenvalue weighted by molar-refractivity contribution is 0.0610. The Kier molecular flexibility index (Phi) is 9.58. The van der Waals surface area contributed by atoms with Gasteiger partial charge < -0.3 is 15.0 Å². The van der Waals surface area contributed by atoms with E-state index in [1.165, 1.54) is 10.9 Å². The number of halogens is 1. The van der Waals surface area contributed by atoms with Crippen molar-refractivity contribution >= 4 is 27.7 Å². The highest BCUT2D eigenvalue weighted by Crippen LogP contribution is 2.27. The highest BCUT2D eigenvalue weighted by atomic mass is 79.9. The summed E-state index contributed by atoms with van der Waals surface area (Å²) in [4.78, 5) is 52.4. The molecule has 0 radical (unpaired) electrons. The van der Waals surface area contributed by atoms with Crippen LogP contribution in [0.5, 0.6) is 5.75 Å². The number of ether oxygens (including phenoxy) is 1. The second-order valence-electron chi connectivity index (χ2n) is 12.4. The van der Waals surface area contributed by atoms with Crippen LogP contribution in [0, 0.1) is 12.8 Å². The Bertz CT molecular complexity index is 2020. The van der Waals surface area contributed by atoms with Crippen molar-refractivity contribution in [2.24, 2.45) is 5.92 Å². The summed E-state index contributed by atoms with van der Waals surface area (Å²) in [6.07, 6.45) is 3.16. The van der Waals surface area contributed by atoms with Crippen LogP contribution in [0.15, 0.2) is 94.6 Å². The molecule has 3 aromatic carbocycles. The minimum absolute atomic E-state index is 0.0905. The molecule has 5 aromatic rings. The molecule has 1 N–H and O–H groups in total. The van der Waals surface area contributed by atoms with Crippen LogP contribution in [0.4, 0.5) is 0 Å². The number of imidazole rings is 1. The molecule has 6 rings (SSSR count). The van der Waals surface area contributed by atoms with Gasteiger partial charge in [0.2, 0.25) is 0 Å². The Morgan fingerprint density at radius 2 is 1.83 bits per heavy atom. The van der Waals surface area contributed by atoms with Crippen molar-refractivity contribution in [3.63, 3.8) is 0 Å². The molecule has 0 saturated carbocycles. The number of nitrogens with zero attached hydrogens (tertiary/aromatic N) is 5. The number of aromatic nitrogens is 4. The third-order valence-electron chi connectivity index (χ3n) is 8.42. The number of hydrogen-bond donors (Lipinski definition) is 1. The van der Waals surface area contributed by atoms with E-state index in [2.05, 4.69) is 45.1 Å². The fourth-order valence-corrected chi connectivity index (χ4v) is 6.14. The van der Waals surface area contributed by atoms with Crippen LogP contribution in [0.2, 0.25) is 0 Å². The number of carbonyl (C=O) groups excluding carboxylic acids is 2. The lowest BCUT2D eigenvalue weighted by Crippen LogP contribution is -2.47. The van der Waals surface area contributed by atoms with E-state index in [0.717, 1.165) is 26.9 Å². The van der Waals surface area contributed by atoms with Crippen molar-refractivity contribution in [1.82, 2.24) is 29.3 Å². The molecule has 2 aromatic heterocycles. The van der Waals surface area contributed by atoms with Gasteiger partial charge in [0, 0.05) is 40.9 Å². The maximum absolute atomic E-state index is 14.3. The first kappa shape index (κ1) is 32.9. The average molecular weight is 710 g/mol. The standard InChI is InChI=1S/C37H37BrN6O4/c1-23(2)21-48-29-12-10-28(11-13-29)44-34(35(45)40-18-27-7-5-6-8-30(27)32-15-16-39-22-41-32)33-20-42(25(4)19-43(33)37(44)47)36(46)26-9-14-31(38)24(3)17-26/h5-17,22-23,25H,18-21H2,1-4H3,(H,40,45). The molecule has 0 bridgehead atoms. The number of rotatable bonds is 9. The Labute approximate surface area is 287 Å². The van der Waals surface area contributed by atoms with E-state index in [1.807, 2.05) is 56.3 Å². The van der Waals surface area contributed by atoms with Crippen molar-refractivity contribution in [3.05, 3.63) is 128 Å². The average Bonchev–Trinajstić information content (AvgIpc) is 3.38. The van der Waals surface area contributed by atoms with Crippen LogP contribution in [-0.2, 0) is 19.6 Å². The summed E-state index contributed by atoms with van der Waals surface area (Å²) in [5.41, 5.74) is 4.79. The third kappa shape index (κ3) is 6.68. The van der Waals surface area contributed by atoms with E-state index in [-0.39, 0.29) is 43.0 Å². The normalized spacial score (nSPS) is 14.1. The summed E-state index contributed by atoms with van der Waals surface area (Å²) in [6.45, 7) is 9.08. The van der Waals surface area contributed by atoms with Gasteiger partial charge in [-0.05, 0) is 79.4 Å². The van der Waals surface area contributed by atoms with Crippen LogP contribution in [-0.4, -0.2) is 48.5 Å². The monoisotopic (exact) mass is 708 g/mol. The van der Waals surface area contributed by atoms with Gasteiger partial charge in [-0.1, -0.05) is 54.0 Å². The predicted molar refractivity (Wildman–Crippen MR) is 187 cm³/mol. The molecular weight excluding hydrogens is 672 g/mol. The quantitative estimate of drug-likeness (QED) is 0.196. The predicted octanol–water partition coefficient (Wildman–Crippen LogP) is 6.18. The first-order valence-corrected chi connectivity index (χ1v) is 16.7. The van der Waals surface area contributed by atoms with E-state index in [4.69, 9.17) is 4.74 Å². The van der Waals surface area contributed by atoms with Crippen molar-refractivity contribution in [3.8, 4) is 22.7 Å². The molecule has 0 spiro atoms. The van der Waals surface area contributed by atoms with E-state index in [9.17, 15) is 14.4 Å². The van der Waals surface area contributed by atoms with E-state index in [1.54, 1.807) is 46.0 Å². The summed E-state index contributed by atoms with van der Waals surface area (Å²) in [5, 5.41) is 3.06. The van der Waals surface area contributed by atoms with E-state index in [0.29, 0.717) is 35.2 Å². The smallest absolute Gasteiger partial charge is 0.333 e. The topological polar surface area (TPSA) is 111 Å². The van der Waals surface area contributed by atoms with Gasteiger partial charge >= 0.3 is 5.69 Å². The maximum Gasteiger partial charge on any atom is 0.333 e. The molecule has 10 nitrogen and oxygen atoms in total. The second kappa shape index (κ2) is 14.0. The van der Waals surface area contributed by atoms with Crippen LogP contribution in [0.3, 0.4) is 0 Å². The fraction of sp³-hybridized carbons (Fsp3) is 0.270. The Hall–Kier alpha value is -5.03. The first-order chi connectivity index (χ1) is 23.1. The van der Waals surface area contributed by atoms with Crippen LogP contribution < -0.4 is 15.7 Å². The number of carbonyl (C=O) groups is 2. The largest absolute Gasteiger partial charge is 0.493 e. The first-order valence-electron chi connectivity index (χ1n) is 15.9. The highest BCUT2D eigenvalue weighted by Gasteiger charge is 2.35. The summed E-state index contributed by atoms with van der Waals surface area (Å²) in [6, 6.07) is 21.9. The number of hydrogen-bond acceptors (Lipinski definition) is 6. The highest BCUT2D eigenvalue weighted by molar-refractivity contribution is 9.10. The van der Waals surface area contributed by atoms with Gasteiger partial charge in [-0.25, -0.2) is 14.8 Å². The SMILES string of the molecule is Cc1cc(C(=O)N2Cc3c(C(=O)NCc4ccccc4-c4ccncn4)n(-c4ccc(OCC(C)C)cc4)c(=O)n3CC2C)ccc1Br. The molecule has 0 saturated heterocycles. The summed E-state index contributed by atoms with van der Waals surface area (Å²) in [7, 11) is 0. The van der Waals surface area contributed by atoms with Gasteiger partial charge in [0.05, 0.1) is 30.2 Å². The maximum atomic E-state index is 14.3. The van der Waals surface area contributed by atoms with E-state index >= 15 is 0 Å². The van der Waals surface area contributed by atoms with Crippen molar-refractivity contribution < 1.29 is 14.3 Å². The molecule has 0 fully saturated rings. The fourth-order valence-electron chi connectivity index (χ4n) is 5.89. The van der Waals surface area contributed by atoms with Gasteiger partial charge in [-0.2, -0.15) is 0 Å². The molecule has 1 aliphatic rings. The lowest BCUT2D eigenvalue weighted by Gasteiger charge is -2.34. The minimum Gasteiger partial charge on any atom is -0.493 e. The molecular formula is C37H37BrN6O4. The summed E-state index contributed by atoms with van der Waals surface area (Å²) >= 11 is 3.51. The number of aryl methyl sites for hydroxylation is 1. The molecule has 246 valence electrons. The summed E-state index contributed by atoms with van der Waals surface area (Å²) < 4.78 is 9.84.